The summed E-state index contributed by atoms with van der Waals surface area (Å²) >= 11 is 1.39. The van der Waals surface area contributed by atoms with E-state index in [0.29, 0.717) is 18.7 Å². The number of rotatable bonds is 6. The van der Waals surface area contributed by atoms with Gasteiger partial charge in [0.05, 0.1) is 0 Å². The van der Waals surface area contributed by atoms with E-state index in [1.165, 1.54) is 17.3 Å². The molecular weight excluding hydrogens is 318 g/mol. The van der Waals surface area contributed by atoms with Crippen LogP contribution < -0.4 is 0 Å². The molecule has 0 amide bonds. The summed E-state index contributed by atoms with van der Waals surface area (Å²) in [6.07, 6.45) is 2.52. The zero-order valence-corrected chi connectivity index (χ0v) is 13.8. The van der Waals surface area contributed by atoms with Crippen LogP contribution in [0.4, 0.5) is 0 Å². The molecule has 2 aromatic heterocycles. The summed E-state index contributed by atoms with van der Waals surface area (Å²) in [6, 6.07) is 17.5. The minimum Gasteiger partial charge on any atom is -0.302 e. The van der Waals surface area contributed by atoms with E-state index in [-0.39, 0.29) is 0 Å². The molecule has 0 unspecified atom stereocenters. The Balaban J connectivity index is 1.88. The molecule has 5 nitrogen and oxygen atoms in total. The van der Waals surface area contributed by atoms with Crippen molar-refractivity contribution in [3.8, 4) is 6.07 Å². The van der Waals surface area contributed by atoms with Crippen molar-refractivity contribution in [2.75, 3.05) is 0 Å². The van der Waals surface area contributed by atoms with Crippen molar-refractivity contribution in [1.82, 2.24) is 19.7 Å². The van der Waals surface area contributed by atoms with E-state index in [2.05, 4.69) is 33.9 Å². The van der Waals surface area contributed by atoms with Gasteiger partial charge in [-0.2, -0.15) is 5.26 Å². The summed E-state index contributed by atoms with van der Waals surface area (Å²) in [7, 11) is 0. The fourth-order valence-electron chi connectivity index (χ4n) is 2.24. The van der Waals surface area contributed by atoms with Crippen LogP contribution >= 0.6 is 11.8 Å². The lowest BCUT2D eigenvalue weighted by atomic mass is 10.1. The van der Waals surface area contributed by atoms with Crippen LogP contribution in [-0.2, 0) is 13.0 Å². The SMILES string of the molecule is C=CCn1c(Cc2ccccc2)nnc1Sc1cccc(C#N)n1. The number of benzene rings is 1. The Hall–Kier alpha value is -2.91. The van der Waals surface area contributed by atoms with Gasteiger partial charge in [0.25, 0.3) is 0 Å². The predicted molar refractivity (Wildman–Crippen MR) is 92.5 cm³/mol. The monoisotopic (exact) mass is 333 g/mol. The topological polar surface area (TPSA) is 67.4 Å². The van der Waals surface area contributed by atoms with Gasteiger partial charge in [0.1, 0.15) is 22.6 Å². The van der Waals surface area contributed by atoms with Crippen LogP contribution in [-0.4, -0.2) is 19.7 Å². The van der Waals surface area contributed by atoms with Crippen LogP contribution in [0, 0.1) is 11.3 Å². The second kappa shape index (κ2) is 7.57. The Morgan fingerprint density at radius 3 is 2.71 bits per heavy atom. The van der Waals surface area contributed by atoms with E-state index in [9.17, 15) is 0 Å². The highest BCUT2D eigenvalue weighted by Crippen LogP contribution is 2.26. The van der Waals surface area contributed by atoms with E-state index in [1.807, 2.05) is 47.0 Å². The van der Waals surface area contributed by atoms with Crippen molar-refractivity contribution < 1.29 is 0 Å². The summed E-state index contributed by atoms with van der Waals surface area (Å²) < 4.78 is 2.02. The lowest BCUT2D eigenvalue weighted by Crippen LogP contribution is -2.04. The Morgan fingerprint density at radius 2 is 1.96 bits per heavy atom. The van der Waals surface area contributed by atoms with E-state index >= 15 is 0 Å². The van der Waals surface area contributed by atoms with E-state index in [4.69, 9.17) is 5.26 Å². The largest absolute Gasteiger partial charge is 0.302 e. The quantitative estimate of drug-likeness (QED) is 0.646. The lowest BCUT2D eigenvalue weighted by Gasteiger charge is -2.07. The first-order valence-corrected chi connectivity index (χ1v) is 8.23. The van der Waals surface area contributed by atoms with Crippen molar-refractivity contribution in [3.05, 3.63) is 78.3 Å². The summed E-state index contributed by atoms with van der Waals surface area (Å²) in [6.45, 7) is 4.44. The Bertz CT molecular complexity index is 880. The van der Waals surface area contributed by atoms with Gasteiger partial charge in [-0.25, -0.2) is 4.98 Å². The summed E-state index contributed by atoms with van der Waals surface area (Å²) in [4.78, 5) is 4.28. The molecule has 2 heterocycles. The minimum absolute atomic E-state index is 0.388. The van der Waals surface area contributed by atoms with E-state index in [0.717, 1.165) is 16.0 Å². The van der Waals surface area contributed by atoms with Crippen molar-refractivity contribution in [2.45, 2.75) is 23.1 Å². The van der Waals surface area contributed by atoms with Crippen LogP contribution in [0.5, 0.6) is 0 Å². The molecule has 0 radical (unpaired) electrons. The standard InChI is InChI=1S/C18H15N5S/c1-2-11-23-16(12-14-7-4-3-5-8-14)21-22-18(23)24-17-10-6-9-15(13-19)20-17/h2-10H,1,11-12H2. The van der Waals surface area contributed by atoms with Gasteiger partial charge in [-0.05, 0) is 29.5 Å². The number of hydrogen-bond acceptors (Lipinski definition) is 5. The van der Waals surface area contributed by atoms with Gasteiger partial charge in [0, 0.05) is 13.0 Å². The molecule has 0 aliphatic carbocycles. The average Bonchev–Trinajstić information content (AvgIpc) is 2.98. The summed E-state index contributed by atoms with van der Waals surface area (Å²) in [5.74, 6) is 0.875. The number of allylic oxidation sites excluding steroid dienone is 1. The Kier molecular flexibility index (Phi) is 5.04. The molecule has 0 saturated heterocycles. The minimum atomic E-state index is 0.388. The van der Waals surface area contributed by atoms with Gasteiger partial charge in [0.2, 0.25) is 0 Å². The maximum atomic E-state index is 8.97. The molecule has 0 aliphatic rings. The molecule has 0 aliphatic heterocycles. The number of nitriles is 1. The summed E-state index contributed by atoms with van der Waals surface area (Å²) in [5.41, 5.74) is 1.57. The van der Waals surface area contributed by atoms with Gasteiger partial charge in [0.15, 0.2) is 5.16 Å². The third-order valence-electron chi connectivity index (χ3n) is 3.34. The van der Waals surface area contributed by atoms with Gasteiger partial charge in [-0.3, -0.25) is 0 Å². The Morgan fingerprint density at radius 1 is 1.12 bits per heavy atom. The third kappa shape index (κ3) is 3.70. The molecule has 118 valence electrons. The van der Waals surface area contributed by atoms with Gasteiger partial charge < -0.3 is 4.57 Å². The smallest absolute Gasteiger partial charge is 0.197 e. The number of hydrogen-bond donors (Lipinski definition) is 0. The zero-order chi connectivity index (χ0) is 16.8. The molecule has 6 heteroatoms. The molecule has 24 heavy (non-hydrogen) atoms. The highest BCUT2D eigenvalue weighted by Gasteiger charge is 2.13. The molecule has 3 aromatic rings. The first-order valence-electron chi connectivity index (χ1n) is 7.42. The molecule has 0 bridgehead atoms. The van der Waals surface area contributed by atoms with Crippen LogP contribution in [0.3, 0.4) is 0 Å². The van der Waals surface area contributed by atoms with Gasteiger partial charge in [-0.1, -0.05) is 42.5 Å². The van der Waals surface area contributed by atoms with Crippen molar-refractivity contribution in [1.29, 1.82) is 5.26 Å². The maximum Gasteiger partial charge on any atom is 0.197 e. The van der Waals surface area contributed by atoms with Crippen molar-refractivity contribution in [3.63, 3.8) is 0 Å². The highest BCUT2D eigenvalue weighted by molar-refractivity contribution is 7.99. The average molecular weight is 333 g/mol. The second-order valence-corrected chi connectivity index (χ2v) is 6.02. The Labute approximate surface area is 144 Å². The zero-order valence-electron chi connectivity index (χ0n) is 13.0. The number of aromatic nitrogens is 4. The fourth-order valence-corrected chi connectivity index (χ4v) is 3.09. The van der Waals surface area contributed by atoms with E-state index in [1.54, 1.807) is 6.07 Å². The van der Waals surface area contributed by atoms with Crippen LogP contribution in [0.2, 0.25) is 0 Å². The molecule has 0 saturated carbocycles. The first-order chi connectivity index (χ1) is 11.8. The van der Waals surface area contributed by atoms with Crippen molar-refractivity contribution in [2.24, 2.45) is 0 Å². The highest BCUT2D eigenvalue weighted by atomic mass is 32.2. The van der Waals surface area contributed by atoms with Crippen molar-refractivity contribution >= 4 is 11.8 Å². The molecule has 1 aromatic carbocycles. The summed E-state index contributed by atoms with van der Waals surface area (Å²) in [5, 5.41) is 19.0. The molecule has 3 rings (SSSR count). The third-order valence-corrected chi connectivity index (χ3v) is 4.27. The van der Waals surface area contributed by atoms with Crippen LogP contribution in [0.25, 0.3) is 0 Å². The maximum absolute atomic E-state index is 8.97. The molecule has 0 spiro atoms. The molecule has 0 fully saturated rings. The molecular formula is C18H15N5S. The van der Waals surface area contributed by atoms with Gasteiger partial charge >= 0.3 is 0 Å². The fraction of sp³-hybridized carbons (Fsp3) is 0.111. The van der Waals surface area contributed by atoms with Crippen LogP contribution in [0.1, 0.15) is 17.1 Å². The van der Waals surface area contributed by atoms with Crippen LogP contribution in [0.15, 0.2) is 71.4 Å². The predicted octanol–water partition coefficient (Wildman–Crippen LogP) is 3.47. The molecule has 0 atom stereocenters. The first kappa shape index (κ1) is 16.0. The molecule has 0 N–H and O–H groups in total. The lowest BCUT2D eigenvalue weighted by molar-refractivity contribution is 0.690. The number of pyridine rings is 1. The number of nitrogens with zero attached hydrogens (tertiary/aromatic N) is 5. The van der Waals surface area contributed by atoms with E-state index < -0.39 is 0 Å². The normalized spacial score (nSPS) is 10.3. The second-order valence-electron chi connectivity index (χ2n) is 5.04. The van der Waals surface area contributed by atoms with Gasteiger partial charge in [-0.15, -0.1) is 16.8 Å².